The van der Waals surface area contributed by atoms with Crippen LogP contribution in [-0.4, -0.2) is 60.4 Å². The van der Waals surface area contributed by atoms with Crippen molar-refractivity contribution in [1.82, 2.24) is 14.3 Å². The predicted molar refractivity (Wildman–Crippen MR) is 112 cm³/mol. The first kappa shape index (κ1) is 19.7. The van der Waals surface area contributed by atoms with Gasteiger partial charge in [0.2, 0.25) is 5.75 Å². The smallest absolute Gasteiger partial charge is 0.269 e. The Kier molecular flexibility index (Phi) is 4.35. The Morgan fingerprint density at radius 1 is 1.23 bits per heavy atom. The zero-order valence-corrected chi connectivity index (χ0v) is 18.4. The highest BCUT2D eigenvalue weighted by Gasteiger charge is 2.50. The maximum atomic E-state index is 13.0. The summed E-state index contributed by atoms with van der Waals surface area (Å²) < 4.78 is 33.9. The van der Waals surface area contributed by atoms with Gasteiger partial charge in [-0.15, -0.1) is 11.3 Å². The molecule has 0 saturated carbocycles. The van der Waals surface area contributed by atoms with Crippen molar-refractivity contribution in [2.45, 2.75) is 36.5 Å². The number of fused-ring (bicyclic) bond motifs is 1. The molecule has 3 aliphatic rings. The number of anilines is 2. The summed E-state index contributed by atoms with van der Waals surface area (Å²) in [6.07, 6.45) is 3.21. The van der Waals surface area contributed by atoms with E-state index in [-0.39, 0.29) is 11.3 Å². The number of hydrogen-bond acceptors (Lipinski definition) is 8. The first-order valence-electron chi connectivity index (χ1n) is 9.84. The number of rotatable bonds is 3. The van der Waals surface area contributed by atoms with Crippen LogP contribution in [0, 0.1) is 5.41 Å². The van der Waals surface area contributed by atoms with Crippen LogP contribution in [0.2, 0.25) is 0 Å². The zero-order chi connectivity index (χ0) is 21.1. The van der Waals surface area contributed by atoms with Gasteiger partial charge in [0.15, 0.2) is 17.2 Å². The zero-order valence-electron chi connectivity index (χ0n) is 16.8. The number of carbonyl (C=O) groups excluding carboxylic acids is 1. The summed E-state index contributed by atoms with van der Waals surface area (Å²) in [5.74, 6) is 1.23. The second-order valence-corrected chi connectivity index (χ2v) is 11.8. The first-order chi connectivity index (χ1) is 14.2. The topological polar surface area (TPSA) is 105 Å². The van der Waals surface area contributed by atoms with Crippen LogP contribution in [0.1, 0.15) is 26.7 Å². The number of sulfonamides is 1. The van der Waals surface area contributed by atoms with Gasteiger partial charge in [-0.3, -0.25) is 4.79 Å². The summed E-state index contributed by atoms with van der Waals surface area (Å²) in [6, 6.07) is 3.43. The van der Waals surface area contributed by atoms with Gasteiger partial charge in [-0.1, -0.05) is 6.07 Å². The molecule has 2 fully saturated rings. The summed E-state index contributed by atoms with van der Waals surface area (Å²) in [5, 5.41) is 4.57. The molecule has 11 heteroatoms. The molecule has 9 nitrogen and oxygen atoms in total. The van der Waals surface area contributed by atoms with Crippen molar-refractivity contribution in [3.05, 3.63) is 23.8 Å². The Bertz CT molecular complexity index is 1090. The van der Waals surface area contributed by atoms with E-state index >= 15 is 0 Å². The molecule has 0 aromatic carbocycles. The van der Waals surface area contributed by atoms with Crippen molar-refractivity contribution < 1.29 is 17.9 Å². The maximum absolute atomic E-state index is 13.0. The van der Waals surface area contributed by atoms with Gasteiger partial charge in [0, 0.05) is 31.6 Å². The largest absolute Gasteiger partial charge is 0.470 e. The molecule has 2 aromatic rings. The van der Waals surface area contributed by atoms with Crippen LogP contribution in [0.4, 0.5) is 11.6 Å². The number of carbonyl (C=O) groups is 1. The highest BCUT2D eigenvalue weighted by Crippen LogP contribution is 2.47. The molecule has 2 saturated heterocycles. The van der Waals surface area contributed by atoms with Gasteiger partial charge in [0.05, 0.1) is 0 Å². The molecule has 0 radical (unpaired) electrons. The molecule has 160 valence electrons. The minimum atomic E-state index is -3.45. The SMILES string of the molecule is CC1(C)Oc2c(ncnc2N2CC3(CCCN(S(=O)(=O)c4cccs4)C3)C2)NC1=O. The quantitative estimate of drug-likeness (QED) is 0.763. The van der Waals surface area contributed by atoms with Crippen LogP contribution in [0.3, 0.4) is 0 Å². The monoisotopic (exact) mass is 449 g/mol. The Hall–Kier alpha value is -2.24. The van der Waals surface area contributed by atoms with Crippen LogP contribution < -0.4 is 15.0 Å². The normalized spacial score (nSPS) is 22.7. The number of aromatic nitrogens is 2. The summed E-state index contributed by atoms with van der Waals surface area (Å²) in [6.45, 7) is 5.83. The molecule has 1 N–H and O–H groups in total. The second kappa shape index (κ2) is 6.63. The van der Waals surface area contributed by atoms with Crippen LogP contribution in [0.5, 0.6) is 5.75 Å². The summed E-state index contributed by atoms with van der Waals surface area (Å²) in [7, 11) is -3.45. The molecule has 1 amide bonds. The third-order valence-corrected chi connectivity index (χ3v) is 9.21. The molecule has 0 unspecified atom stereocenters. The molecule has 1 spiro atoms. The average Bonchev–Trinajstić information content (AvgIpc) is 3.22. The van der Waals surface area contributed by atoms with E-state index in [2.05, 4.69) is 20.2 Å². The fraction of sp³-hybridized carbons (Fsp3) is 0.526. The Labute approximate surface area is 179 Å². The van der Waals surface area contributed by atoms with E-state index in [0.717, 1.165) is 12.8 Å². The van der Waals surface area contributed by atoms with Crippen molar-refractivity contribution in [3.8, 4) is 5.75 Å². The Morgan fingerprint density at radius 3 is 2.77 bits per heavy atom. The second-order valence-electron chi connectivity index (χ2n) is 8.67. The van der Waals surface area contributed by atoms with Crippen LogP contribution >= 0.6 is 11.3 Å². The van der Waals surface area contributed by atoms with Gasteiger partial charge in [-0.2, -0.15) is 4.31 Å². The number of nitrogens with one attached hydrogen (secondary N) is 1. The van der Waals surface area contributed by atoms with Crippen LogP contribution in [0.15, 0.2) is 28.0 Å². The lowest BCUT2D eigenvalue weighted by atomic mass is 9.74. The fourth-order valence-corrected chi connectivity index (χ4v) is 7.14. The minimum absolute atomic E-state index is 0.103. The van der Waals surface area contributed by atoms with Crippen molar-refractivity contribution in [2.24, 2.45) is 5.41 Å². The molecular weight excluding hydrogens is 426 g/mol. The highest BCUT2D eigenvalue weighted by molar-refractivity contribution is 7.91. The lowest BCUT2D eigenvalue weighted by Crippen LogP contribution is -2.64. The molecule has 0 bridgehead atoms. The number of ether oxygens (including phenoxy) is 1. The highest BCUT2D eigenvalue weighted by atomic mass is 32.2. The van der Waals surface area contributed by atoms with E-state index in [1.165, 1.54) is 17.7 Å². The predicted octanol–water partition coefficient (Wildman–Crippen LogP) is 1.94. The maximum Gasteiger partial charge on any atom is 0.269 e. The molecular formula is C19H23N5O4S2. The van der Waals surface area contributed by atoms with E-state index in [4.69, 9.17) is 4.74 Å². The van der Waals surface area contributed by atoms with E-state index < -0.39 is 15.6 Å². The summed E-state index contributed by atoms with van der Waals surface area (Å²) in [5.41, 5.74) is -1.11. The van der Waals surface area contributed by atoms with Crippen LogP contribution in [-0.2, 0) is 14.8 Å². The van der Waals surface area contributed by atoms with Gasteiger partial charge >= 0.3 is 0 Å². The lowest BCUT2D eigenvalue weighted by Gasteiger charge is -2.54. The van der Waals surface area contributed by atoms with E-state index in [9.17, 15) is 13.2 Å². The summed E-state index contributed by atoms with van der Waals surface area (Å²) >= 11 is 1.25. The molecule has 2 aromatic heterocycles. The molecule has 5 heterocycles. The molecule has 0 atom stereocenters. The van der Waals surface area contributed by atoms with Crippen molar-refractivity contribution >= 4 is 38.9 Å². The van der Waals surface area contributed by atoms with Crippen molar-refractivity contribution in [3.63, 3.8) is 0 Å². The Morgan fingerprint density at radius 2 is 2.03 bits per heavy atom. The first-order valence-corrected chi connectivity index (χ1v) is 12.2. The van der Waals surface area contributed by atoms with Gasteiger partial charge in [-0.05, 0) is 38.1 Å². The van der Waals surface area contributed by atoms with Gasteiger partial charge in [-0.25, -0.2) is 18.4 Å². The molecule has 5 rings (SSSR count). The third kappa shape index (κ3) is 3.07. The number of hydrogen-bond donors (Lipinski definition) is 1. The number of piperidine rings is 1. The molecule has 30 heavy (non-hydrogen) atoms. The van der Waals surface area contributed by atoms with Gasteiger partial charge in [0.1, 0.15) is 10.5 Å². The molecule has 3 aliphatic heterocycles. The van der Waals surface area contributed by atoms with Crippen molar-refractivity contribution in [2.75, 3.05) is 36.4 Å². The Balaban J connectivity index is 1.36. The van der Waals surface area contributed by atoms with Gasteiger partial charge < -0.3 is 15.0 Å². The van der Waals surface area contributed by atoms with Crippen LogP contribution in [0.25, 0.3) is 0 Å². The number of nitrogens with zero attached hydrogens (tertiary/aromatic N) is 4. The van der Waals surface area contributed by atoms with Crippen molar-refractivity contribution in [1.29, 1.82) is 0 Å². The van der Waals surface area contributed by atoms with E-state index in [1.807, 2.05) is 0 Å². The number of thiophene rings is 1. The average molecular weight is 450 g/mol. The minimum Gasteiger partial charge on any atom is -0.470 e. The van der Waals surface area contributed by atoms with Gasteiger partial charge in [0.25, 0.3) is 15.9 Å². The third-order valence-electron chi connectivity index (χ3n) is 5.99. The summed E-state index contributed by atoms with van der Waals surface area (Å²) in [4.78, 5) is 22.8. The fourth-order valence-electron chi connectivity index (χ4n) is 4.41. The molecule has 0 aliphatic carbocycles. The standard InChI is InChI=1S/C19H23N5O4S2/c1-18(2)17(25)22-15-14(28-18)16(21-12-20-15)23-9-19(10-23)6-4-7-24(11-19)30(26,27)13-5-3-8-29-13/h3,5,8,12H,4,6-7,9-11H2,1-2H3,(H,20,21,22,25). The number of amides is 1. The van der Waals surface area contributed by atoms with E-state index in [1.54, 1.807) is 35.7 Å². The van der Waals surface area contributed by atoms with E-state index in [0.29, 0.717) is 47.8 Å². The lowest BCUT2D eigenvalue weighted by molar-refractivity contribution is -0.129.